The Morgan fingerprint density at radius 2 is 2.18 bits per heavy atom. The predicted molar refractivity (Wildman–Crippen MR) is 69.5 cm³/mol. The molecule has 2 nitrogen and oxygen atoms in total. The number of Topliss-reactive ketones (excluding diaryl/α,β-unsaturated/α-hetero) is 1. The first-order chi connectivity index (χ1) is 8.00. The van der Waals surface area contributed by atoms with E-state index >= 15 is 0 Å². The summed E-state index contributed by atoms with van der Waals surface area (Å²) in [6.45, 7) is 4.27. The van der Waals surface area contributed by atoms with Gasteiger partial charge in [0.1, 0.15) is 0 Å². The summed E-state index contributed by atoms with van der Waals surface area (Å²) in [5.41, 5.74) is 1.80. The Kier molecular flexibility index (Phi) is 2.14. The first kappa shape index (κ1) is 10.8. The van der Waals surface area contributed by atoms with Crippen molar-refractivity contribution in [3.63, 3.8) is 0 Å². The molecule has 0 aliphatic heterocycles. The van der Waals surface area contributed by atoms with E-state index in [2.05, 4.69) is 18.8 Å². The molecule has 1 aliphatic carbocycles. The van der Waals surface area contributed by atoms with Crippen molar-refractivity contribution in [3.8, 4) is 0 Å². The lowest BCUT2D eigenvalue weighted by atomic mass is 10.0. The molecule has 17 heavy (non-hydrogen) atoms. The third kappa shape index (κ3) is 1.59. The Morgan fingerprint density at radius 1 is 1.47 bits per heavy atom. The number of nitrogens with one attached hydrogen (secondary N) is 1. The van der Waals surface area contributed by atoms with Crippen molar-refractivity contribution >= 4 is 28.3 Å². The zero-order chi connectivity index (χ0) is 12.2. The molecule has 3 heteroatoms. The maximum atomic E-state index is 12.3. The number of carbonyl (C=O) groups is 1. The fraction of sp³-hybridized carbons (Fsp3) is 0.357. The molecule has 1 aliphatic rings. The van der Waals surface area contributed by atoms with Gasteiger partial charge < -0.3 is 4.98 Å². The molecule has 88 valence electrons. The van der Waals surface area contributed by atoms with Gasteiger partial charge in [0.05, 0.1) is 10.5 Å². The van der Waals surface area contributed by atoms with Gasteiger partial charge in [0.15, 0.2) is 5.78 Å². The van der Waals surface area contributed by atoms with Crippen molar-refractivity contribution in [2.75, 3.05) is 0 Å². The van der Waals surface area contributed by atoms with Crippen molar-refractivity contribution in [2.45, 2.75) is 20.3 Å². The van der Waals surface area contributed by atoms with Gasteiger partial charge in [0, 0.05) is 23.1 Å². The third-order valence-electron chi connectivity index (χ3n) is 3.76. The largest absolute Gasteiger partial charge is 0.359 e. The van der Waals surface area contributed by atoms with Crippen molar-refractivity contribution < 1.29 is 4.79 Å². The Balaban J connectivity index is 2.07. The van der Waals surface area contributed by atoms with Gasteiger partial charge >= 0.3 is 0 Å². The smallest absolute Gasteiger partial charge is 0.168 e. The van der Waals surface area contributed by atoms with Gasteiger partial charge in [-0.3, -0.25) is 4.79 Å². The fourth-order valence-corrected chi connectivity index (χ4v) is 2.65. The highest BCUT2D eigenvalue weighted by atomic mass is 35.5. The second kappa shape index (κ2) is 3.36. The lowest BCUT2D eigenvalue weighted by Crippen LogP contribution is -2.05. The average Bonchev–Trinajstić information content (AvgIpc) is 2.74. The van der Waals surface area contributed by atoms with Crippen LogP contribution >= 0.6 is 11.6 Å². The monoisotopic (exact) mass is 247 g/mol. The topological polar surface area (TPSA) is 32.9 Å². The van der Waals surface area contributed by atoms with E-state index in [9.17, 15) is 4.79 Å². The van der Waals surface area contributed by atoms with Crippen LogP contribution in [0.3, 0.4) is 0 Å². The summed E-state index contributed by atoms with van der Waals surface area (Å²) < 4.78 is 0. The lowest BCUT2D eigenvalue weighted by Gasteiger charge is -2.01. The molecule has 1 aromatic carbocycles. The standard InChI is InChI=1S/C14H14ClNO/c1-14(2)6-10(14)13(17)9-7-16-12-8(9)4-3-5-11(12)15/h3-5,7,10,16H,6H2,1-2H3. The minimum absolute atomic E-state index is 0.166. The predicted octanol–water partition coefficient (Wildman–Crippen LogP) is 4.05. The fourth-order valence-electron chi connectivity index (χ4n) is 2.42. The summed E-state index contributed by atoms with van der Waals surface area (Å²) in [4.78, 5) is 15.4. The molecule has 1 heterocycles. The molecule has 0 radical (unpaired) electrons. The van der Waals surface area contributed by atoms with Crippen LogP contribution in [-0.4, -0.2) is 10.8 Å². The zero-order valence-electron chi connectivity index (χ0n) is 9.88. The minimum atomic E-state index is 0.166. The van der Waals surface area contributed by atoms with Crippen LogP contribution in [0.4, 0.5) is 0 Å². The summed E-state index contributed by atoms with van der Waals surface area (Å²) in [5.74, 6) is 0.406. The summed E-state index contributed by atoms with van der Waals surface area (Å²) in [7, 11) is 0. The van der Waals surface area contributed by atoms with Crippen LogP contribution in [0.25, 0.3) is 10.9 Å². The second-order valence-corrected chi connectivity index (χ2v) is 5.88. The molecule has 0 spiro atoms. The molecular weight excluding hydrogens is 234 g/mol. The molecule has 1 atom stereocenters. The number of rotatable bonds is 2. The molecule has 0 amide bonds. The molecule has 1 aromatic heterocycles. The summed E-state index contributed by atoms with van der Waals surface area (Å²) in [5, 5.41) is 1.60. The number of ketones is 1. The van der Waals surface area contributed by atoms with Gasteiger partial charge in [-0.1, -0.05) is 37.6 Å². The second-order valence-electron chi connectivity index (χ2n) is 5.47. The Bertz CT molecular complexity index is 612. The van der Waals surface area contributed by atoms with Crippen molar-refractivity contribution in [2.24, 2.45) is 11.3 Å². The summed E-state index contributed by atoms with van der Waals surface area (Å²) in [6, 6.07) is 5.66. The van der Waals surface area contributed by atoms with E-state index < -0.39 is 0 Å². The number of hydrogen-bond acceptors (Lipinski definition) is 1. The lowest BCUT2D eigenvalue weighted by molar-refractivity contribution is 0.0955. The first-order valence-corrected chi connectivity index (χ1v) is 6.18. The van der Waals surface area contributed by atoms with Gasteiger partial charge in [-0.2, -0.15) is 0 Å². The average molecular weight is 248 g/mol. The van der Waals surface area contributed by atoms with E-state index in [-0.39, 0.29) is 17.1 Å². The van der Waals surface area contributed by atoms with Gasteiger partial charge in [-0.15, -0.1) is 0 Å². The van der Waals surface area contributed by atoms with E-state index in [0.29, 0.717) is 5.02 Å². The first-order valence-electron chi connectivity index (χ1n) is 5.80. The van der Waals surface area contributed by atoms with E-state index in [1.165, 1.54) is 0 Å². The highest BCUT2D eigenvalue weighted by molar-refractivity contribution is 6.35. The number of halogens is 1. The molecule has 3 rings (SSSR count). The highest BCUT2D eigenvalue weighted by Gasteiger charge is 2.50. The van der Waals surface area contributed by atoms with Crippen LogP contribution in [-0.2, 0) is 0 Å². The molecule has 1 N–H and O–H groups in total. The Hall–Kier alpha value is -1.28. The van der Waals surface area contributed by atoms with Crippen molar-refractivity contribution in [1.82, 2.24) is 4.98 Å². The number of carbonyl (C=O) groups excluding carboxylic acids is 1. The summed E-state index contributed by atoms with van der Waals surface area (Å²) >= 11 is 6.08. The normalized spacial score (nSPS) is 21.7. The number of aromatic amines is 1. The van der Waals surface area contributed by atoms with Gasteiger partial charge in [-0.25, -0.2) is 0 Å². The van der Waals surface area contributed by atoms with Gasteiger partial charge in [0.2, 0.25) is 0 Å². The number of fused-ring (bicyclic) bond motifs is 1. The van der Waals surface area contributed by atoms with Crippen LogP contribution in [0, 0.1) is 11.3 Å². The molecule has 0 saturated heterocycles. The van der Waals surface area contributed by atoms with Gasteiger partial charge in [-0.05, 0) is 17.9 Å². The number of para-hydroxylation sites is 1. The van der Waals surface area contributed by atoms with E-state index in [1.54, 1.807) is 6.20 Å². The molecule has 1 unspecified atom stereocenters. The minimum Gasteiger partial charge on any atom is -0.359 e. The zero-order valence-corrected chi connectivity index (χ0v) is 10.6. The molecular formula is C14H14ClNO. The number of benzene rings is 1. The van der Waals surface area contributed by atoms with Crippen LogP contribution in [0.5, 0.6) is 0 Å². The maximum absolute atomic E-state index is 12.3. The molecule has 0 bridgehead atoms. The Labute approximate surface area is 105 Å². The van der Waals surface area contributed by atoms with Crippen molar-refractivity contribution in [3.05, 3.63) is 35.0 Å². The van der Waals surface area contributed by atoms with E-state index in [4.69, 9.17) is 11.6 Å². The number of H-pyrrole nitrogens is 1. The molecule has 1 saturated carbocycles. The van der Waals surface area contributed by atoms with Crippen LogP contribution in [0.15, 0.2) is 24.4 Å². The van der Waals surface area contributed by atoms with E-state index in [1.807, 2.05) is 18.2 Å². The maximum Gasteiger partial charge on any atom is 0.168 e. The molecule has 1 fully saturated rings. The van der Waals surface area contributed by atoms with Crippen LogP contribution < -0.4 is 0 Å². The number of aromatic nitrogens is 1. The quantitative estimate of drug-likeness (QED) is 0.798. The van der Waals surface area contributed by atoms with Crippen LogP contribution in [0.1, 0.15) is 30.6 Å². The van der Waals surface area contributed by atoms with Gasteiger partial charge in [0.25, 0.3) is 0 Å². The number of hydrogen-bond donors (Lipinski definition) is 1. The van der Waals surface area contributed by atoms with Crippen LogP contribution in [0.2, 0.25) is 5.02 Å². The SMILES string of the molecule is CC1(C)CC1C(=O)c1c[nH]c2c(Cl)cccc12. The summed E-state index contributed by atoms with van der Waals surface area (Å²) in [6.07, 6.45) is 2.77. The highest BCUT2D eigenvalue weighted by Crippen LogP contribution is 2.53. The van der Waals surface area contributed by atoms with Crippen molar-refractivity contribution in [1.29, 1.82) is 0 Å². The molecule has 2 aromatic rings. The van der Waals surface area contributed by atoms with E-state index in [0.717, 1.165) is 22.9 Å². The third-order valence-corrected chi connectivity index (χ3v) is 4.07. The Morgan fingerprint density at radius 3 is 2.82 bits per heavy atom.